The van der Waals surface area contributed by atoms with Crippen LogP contribution in [0.1, 0.15) is 18.1 Å². The molecule has 1 heterocycles. The number of rotatable bonds is 7. The van der Waals surface area contributed by atoms with Crippen molar-refractivity contribution in [3.8, 4) is 5.75 Å². The lowest BCUT2D eigenvalue weighted by molar-refractivity contribution is -0.148. The minimum Gasteiger partial charge on any atom is -0.490 e. The third-order valence-corrected chi connectivity index (χ3v) is 4.62. The molecule has 8 heteroatoms. The van der Waals surface area contributed by atoms with Crippen LogP contribution in [0, 0.1) is 12.7 Å². The number of hydrogen-bond donors (Lipinski definition) is 1. The molecule has 0 bridgehead atoms. The molecule has 1 fully saturated rings. The highest BCUT2D eigenvalue weighted by molar-refractivity contribution is 6.08. The molecule has 0 unspecified atom stereocenters. The molecular weight excluding hydrogens is 379 g/mol. The molecule has 1 aliphatic rings. The number of ether oxygens (including phenoxy) is 2. The van der Waals surface area contributed by atoms with E-state index in [2.05, 4.69) is 5.32 Å². The standard InChI is InChI=1S/C21H21FN2O5/c1-14-3-5-15(6-4-14)21(2)19(26)24(20(27)23-21)13-18(25)29-12-11-28-17-9-7-16(22)8-10-17/h3-10H,11-13H2,1-2H3,(H,23,27)/t21-/m1/s1. The van der Waals surface area contributed by atoms with Crippen molar-refractivity contribution in [3.05, 3.63) is 65.5 Å². The average molecular weight is 400 g/mol. The number of amides is 3. The SMILES string of the molecule is Cc1ccc([C@@]2(C)NC(=O)N(CC(=O)OCCOc3ccc(F)cc3)C2=O)cc1. The zero-order valence-electron chi connectivity index (χ0n) is 16.1. The van der Waals surface area contributed by atoms with Crippen LogP contribution in [-0.4, -0.2) is 42.6 Å². The summed E-state index contributed by atoms with van der Waals surface area (Å²) in [7, 11) is 0. The van der Waals surface area contributed by atoms with Gasteiger partial charge in [0.15, 0.2) is 0 Å². The van der Waals surface area contributed by atoms with E-state index in [0.717, 1.165) is 10.5 Å². The van der Waals surface area contributed by atoms with Crippen molar-refractivity contribution >= 4 is 17.9 Å². The van der Waals surface area contributed by atoms with Crippen molar-refractivity contribution in [2.75, 3.05) is 19.8 Å². The Morgan fingerprint density at radius 1 is 1.07 bits per heavy atom. The fourth-order valence-corrected chi connectivity index (χ4v) is 2.94. The Balaban J connectivity index is 1.52. The van der Waals surface area contributed by atoms with Gasteiger partial charge in [0, 0.05) is 0 Å². The lowest BCUT2D eigenvalue weighted by Gasteiger charge is -2.22. The third-order valence-electron chi connectivity index (χ3n) is 4.62. The second-order valence-electron chi connectivity index (χ2n) is 6.84. The quantitative estimate of drug-likeness (QED) is 0.439. The van der Waals surface area contributed by atoms with Crippen LogP contribution in [0.25, 0.3) is 0 Å². The van der Waals surface area contributed by atoms with E-state index in [0.29, 0.717) is 11.3 Å². The summed E-state index contributed by atoms with van der Waals surface area (Å²) in [5, 5.41) is 2.64. The highest BCUT2D eigenvalue weighted by atomic mass is 19.1. The number of carbonyl (C=O) groups excluding carboxylic acids is 3. The highest BCUT2D eigenvalue weighted by Gasteiger charge is 2.49. The van der Waals surface area contributed by atoms with Crippen LogP contribution in [0.4, 0.5) is 9.18 Å². The zero-order chi connectivity index (χ0) is 21.0. The molecule has 3 rings (SSSR count). The first-order valence-electron chi connectivity index (χ1n) is 9.05. The summed E-state index contributed by atoms with van der Waals surface area (Å²) >= 11 is 0. The van der Waals surface area contributed by atoms with Crippen LogP contribution >= 0.6 is 0 Å². The second-order valence-corrected chi connectivity index (χ2v) is 6.84. The first-order chi connectivity index (χ1) is 13.8. The summed E-state index contributed by atoms with van der Waals surface area (Å²) in [6.45, 7) is 3.00. The van der Waals surface area contributed by atoms with E-state index in [1.807, 2.05) is 19.1 Å². The van der Waals surface area contributed by atoms with Gasteiger partial charge in [-0.1, -0.05) is 29.8 Å². The monoisotopic (exact) mass is 400 g/mol. The van der Waals surface area contributed by atoms with Gasteiger partial charge < -0.3 is 14.8 Å². The van der Waals surface area contributed by atoms with Crippen molar-refractivity contribution in [1.29, 1.82) is 0 Å². The highest BCUT2D eigenvalue weighted by Crippen LogP contribution is 2.28. The van der Waals surface area contributed by atoms with Crippen molar-refractivity contribution in [3.63, 3.8) is 0 Å². The summed E-state index contributed by atoms with van der Waals surface area (Å²) < 4.78 is 23.2. The number of urea groups is 1. The van der Waals surface area contributed by atoms with Crippen LogP contribution in [0.15, 0.2) is 48.5 Å². The molecule has 152 valence electrons. The van der Waals surface area contributed by atoms with Gasteiger partial charge in [0.05, 0.1) is 0 Å². The Morgan fingerprint density at radius 2 is 1.72 bits per heavy atom. The molecule has 1 saturated heterocycles. The lowest BCUT2D eigenvalue weighted by Crippen LogP contribution is -2.41. The maximum Gasteiger partial charge on any atom is 0.326 e. The van der Waals surface area contributed by atoms with Gasteiger partial charge in [-0.25, -0.2) is 9.18 Å². The molecule has 2 aromatic carbocycles. The number of aryl methyl sites for hydroxylation is 1. The molecule has 3 amide bonds. The Morgan fingerprint density at radius 3 is 2.38 bits per heavy atom. The normalized spacial score (nSPS) is 18.5. The number of hydrogen-bond acceptors (Lipinski definition) is 5. The van der Waals surface area contributed by atoms with Gasteiger partial charge in [-0.15, -0.1) is 0 Å². The Labute approximate surface area is 167 Å². The molecular formula is C21H21FN2O5. The molecule has 0 saturated carbocycles. The van der Waals surface area contributed by atoms with E-state index < -0.39 is 30.0 Å². The molecule has 0 radical (unpaired) electrons. The summed E-state index contributed by atoms with van der Waals surface area (Å²) in [5.41, 5.74) is 0.416. The average Bonchev–Trinajstić information content (AvgIpc) is 2.91. The molecule has 0 aliphatic carbocycles. The molecule has 1 atom stereocenters. The molecule has 29 heavy (non-hydrogen) atoms. The van der Waals surface area contributed by atoms with Crippen LogP contribution in [0.5, 0.6) is 5.75 Å². The first-order valence-corrected chi connectivity index (χ1v) is 9.05. The molecule has 0 spiro atoms. The maximum atomic E-state index is 12.8. The Bertz CT molecular complexity index is 914. The summed E-state index contributed by atoms with van der Waals surface area (Å²) in [6.07, 6.45) is 0. The number of nitrogens with one attached hydrogen (secondary N) is 1. The van der Waals surface area contributed by atoms with Gasteiger partial charge in [-0.05, 0) is 43.7 Å². The maximum absolute atomic E-state index is 12.8. The van der Waals surface area contributed by atoms with Gasteiger partial charge in [-0.3, -0.25) is 14.5 Å². The van der Waals surface area contributed by atoms with E-state index in [1.54, 1.807) is 19.1 Å². The third kappa shape index (κ3) is 4.53. The van der Waals surface area contributed by atoms with E-state index in [4.69, 9.17) is 9.47 Å². The number of imide groups is 1. The molecule has 1 aliphatic heterocycles. The van der Waals surface area contributed by atoms with Gasteiger partial charge in [0.1, 0.15) is 36.9 Å². The molecule has 1 N–H and O–H groups in total. The van der Waals surface area contributed by atoms with Crippen molar-refractivity contribution in [2.45, 2.75) is 19.4 Å². The second kappa shape index (κ2) is 8.30. The largest absolute Gasteiger partial charge is 0.490 e. The van der Waals surface area contributed by atoms with Crippen LogP contribution < -0.4 is 10.1 Å². The first kappa shape index (κ1) is 20.3. The van der Waals surface area contributed by atoms with Gasteiger partial charge in [-0.2, -0.15) is 0 Å². The number of nitrogens with zero attached hydrogens (tertiary/aromatic N) is 1. The van der Waals surface area contributed by atoms with E-state index >= 15 is 0 Å². The van der Waals surface area contributed by atoms with Gasteiger partial charge >= 0.3 is 12.0 Å². The fraction of sp³-hybridized carbons (Fsp3) is 0.286. The minimum atomic E-state index is -1.24. The zero-order valence-corrected chi connectivity index (χ0v) is 16.1. The van der Waals surface area contributed by atoms with Crippen molar-refractivity contribution < 1.29 is 28.2 Å². The van der Waals surface area contributed by atoms with Gasteiger partial charge in [0.2, 0.25) is 0 Å². The number of esters is 1. The number of benzene rings is 2. The fourth-order valence-electron chi connectivity index (χ4n) is 2.94. The molecule has 7 nitrogen and oxygen atoms in total. The summed E-state index contributed by atoms with van der Waals surface area (Å²) in [5.74, 6) is -1.20. The van der Waals surface area contributed by atoms with Crippen LogP contribution in [-0.2, 0) is 19.9 Å². The van der Waals surface area contributed by atoms with E-state index in [1.165, 1.54) is 24.3 Å². The van der Waals surface area contributed by atoms with Crippen LogP contribution in [0.3, 0.4) is 0 Å². The molecule has 0 aromatic heterocycles. The predicted molar refractivity (Wildman–Crippen MR) is 102 cm³/mol. The summed E-state index contributed by atoms with van der Waals surface area (Å²) in [6, 6.07) is 12.0. The number of carbonyl (C=O) groups is 3. The Hall–Kier alpha value is -3.42. The lowest BCUT2D eigenvalue weighted by atomic mass is 9.91. The van der Waals surface area contributed by atoms with E-state index in [-0.39, 0.29) is 19.0 Å². The van der Waals surface area contributed by atoms with Crippen molar-refractivity contribution in [1.82, 2.24) is 10.2 Å². The van der Waals surface area contributed by atoms with E-state index in [9.17, 15) is 18.8 Å². The predicted octanol–water partition coefficient (Wildman–Crippen LogP) is 2.52. The van der Waals surface area contributed by atoms with Crippen molar-refractivity contribution in [2.24, 2.45) is 0 Å². The smallest absolute Gasteiger partial charge is 0.326 e. The summed E-state index contributed by atoms with van der Waals surface area (Å²) in [4.78, 5) is 37.9. The molecule has 2 aromatic rings. The van der Waals surface area contributed by atoms with Crippen LogP contribution in [0.2, 0.25) is 0 Å². The topological polar surface area (TPSA) is 84.9 Å². The van der Waals surface area contributed by atoms with Gasteiger partial charge in [0.25, 0.3) is 5.91 Å². The Kier molecular flexibility index (Phi) is 5.81. The minimum absolute atomic E-state index is 0.0542. The number of halogens is 1.